The highest BCUT2D eigenvalue weighted by Crippen LogP contribution is 2.34. The van der Waals surface area contributed by atoms with Gasteiger partial charge in [-0.05, 0) is 35.4 Å². The number of amides is 1. The number of carbonyl (C=O) groups is 1. The Balaban J connectivity index is 1.15. The summed E-state index contributed by atoms with van der Waals surface area (Å²) in [6.45, 7) is 1.07. The van der Waals surface area contributed by atoms with Crippen LogP contribution in [0.3, 0.4) is 0 Å². The Morgan fingerprint density at radius 1 is 1.00 bits per heavy atom. The standard InChI is InChI=1S/C29H24N2O6/c32-19-21-4-2-20(3-5-21)6-8-25(33)30-24-10-14-31(15-11-24)13-1-16-35-29-27-23(12-17-36-27)18-22-7-9-26(34)37-28(22)29/h2-12,14-15,17-18,32H,1,13,16,19H2/p+1/b8-6+. The predicted molar refractivity (Wildman–Crippen MR) is 139 cm³/mol. The minimum absolute atomic E-state index is 0.0102. The van der Waals surface area contributed by atoms with Gasteiger partial charge >= 0.3 is 5.63 Å². The monoisotopic (exact) mass is 497 g/mol. The number of aliphatic hydroxyl groups is 1. The van der Waals surface area contributed by atoms with Crippen LogP contribution in [0.1, 0.15) is 17.5 Å². The lowest BCUT2D eigenvalue weighted by atomic mass is 10.1. The maximum atomic E-state index is 12.2. The first-order valence-corrected chi connectivity index (χ1v) is 11.8. The van der Waals surface area contributed by atoms with Crippen molar-refractivity contribution in [2.75, 3.05) is 11.9 Å². The van der Waals surface area contributed by atoms with Crippen molar-refractivity contribution in [3.8, 4) is 5.75 Å². The number of furan rings is 1. The van der Waals surface area contributed by atoms with E-state index in [1.807, 2.05) is 65.5 Å². The fourth-order valence-electron chi connectivity index (χ4n) is 3.94. The number of hydrogen-bond acceptors (Lipinski definition) is 6. The van der Waals surface area contributed by atoms with Crippen molar-refractivity contribution >= 4 is 39.6 Å². The molecule has 3 heterocycles. The Labute approximate surface area is 212 Å². The lowest BCUT2D eigenvalue weighted by Crippen LogP contribution is -2.33. The van der Waals surface area contributed by atoms with Crippen LogP contribution in [0.25, 0.3) is 28.0 Å². The van der Waals surface area contributed by atoms with E-state index in [2.05, 4.69) is 5.32 Å². The van der Waals surface area contributed by atoms with Gasteiger partial charge in [0.05, 0.1) is 25.2 Å². The number of aromatic nitrogens is 1. The van der Waals surface area contributed by atoms with Crippen LogP contribution in [0.5, 0.6) is 5.75 Å². The third kappa shape index (κ3) is 5.76. The van der Waals surface area contributed by atoms with Gasteiger partial charge in [0, 0.05) is 41.5 Å². The number of carbonyl (C=O) groups excluding carboxylic acids is 1. The van der Waals surface area contributed by atoms with Gasteiger partial charge in [0.25, 0.3) is 0 Å². The minimum atomic E-state index is -0.446. The van der Waals surface area contributed by atoms with E-state index >= 15 is 0 Å². The van der Waals surface area contributed by atoms with Gasteiger partial charge in [-0.25, -0.2) is 9.36 Å². The molecule has 37 heavy (non-hydrogen) atoms. The number of anilines is 1. The molecule has 5 aromatic rings. The Kier molecular flexibility index (Phi) is 7.09. The molecule has 5 rings (SSSR count). The Hall–Kier alpha value is -4.69. The Bertz CT molecular complexity index is 1620. The van der Waals surface area contributed by atoms with Gasteiger partial charge in [0.2, 0.25) is 11.7 Å². The average Bonchev–Trinajstić information content (AvgIpc) is 3.39. The number of hydrogen-bond donors (Lipinski definition) is 2. The van der Waals surface area contributed by atoms with Crippen molar-refractivity contribution in [2.45, 2.75) is 19.6 Å². The van der Waals surface area contributed by atoms with Crippen molar-refractivity contribution in [2.24, 2.45) is 0 Å². The summed E-state index contributed by atoms with van der Waals surface area (Å²) < 4.78 is 18.9. The van der Waals surface area contributed by atoms with Crippen molar-refractivity contribution in [3.05, 3.63) is 107 Å². The number of benzene rings is 2. The second kappa shape index (κ2) is 10.9. The van der Waals surface area contributed by atoms with Crippen LogP contribution < -0.4 is 20.2 Å². The fraction of sp³-hybridized carbons (Fsp3) is 0.138. The number of nitrogens with zero attached hydrogens (tertiary/aromatic N) is 1. The van der Waals surface area contributed by atoms with Crippen molar-refractivity contribution in [1.82, 2.24) is 0 Å². The second-order valence-corrected chi connectivity index (χ2v) is 8.47. The number of nitrogens with one attached hydrogen (secondary N) is 1. The molecule has 0 bridgehead atoms. The van der Waals surface area contributed by atoms with Crippen LogP contribution in [-0.2, 0) is 17.9 Å². The molecular formula is C29H25N2O6+. The van der Waals surface area contributed by atoms with Crippen molar-refractivity contribution in [1.29, 1.82) is 0 Å². The van der Waals surface area contributed by atoms with Crippen LogP contribution in [0.15, 0.2) is 99.0 Å². The lowest BCUT2D eigenvalue weighted by molar-refractivity contribution is -0.697. The molecule has 0 aliphatic heterocycles. The zero-order chi connectivity index (χ0) is 25.6. The summed E-state index contributed by atoms with van der Waals surface area (Å²) in [7, 11) is 0. The molecule has 0 saturated heterocycles. The Morgan fingerprint density at radius 2 is 1.78 bits per heavy atom. The molecule has 0 unspecified atom stereocenters. The average molecular weight is 498 g/mol. The summed E-state index contributed by atoms with van der Waals surface area (Å²) in [4.78, 5) is 24.0. The number of aliphatic hydroxyl groups excluding tert-OH is 1. The molecule has 0 fully saturated rings. The zero-order valence-corrected chi connectivity index (χ0v) is 19.9. The van der Waals surface area contributed by atoms with E-state index < -0.39 is 5.63 Å². The highest BCUT2D eigenvalue weighted by molar-refractivity contribution is 6.02. The van der Waals surface area contributed by atoms with Gasteiger partial charge in [-0.15, -0.1) is 0 Å². The minimum Gasteiger partial charge on any atom is -0.486 e. The van der Waals surface area contributed by atoms with Crippen LogP contribution >= 0.6 is 0 Å². The zero-order valence-electron chi connectivity index (χ0n) is 19.9. The second-order valence-electron chi connectivity index (χ2n) is 8.47. The summed E-state index contributed by atoms with van der Waals surface area (Å²) in [5.74, 6) is 0.194. The van der Waals surface area contributed by atoms with Crippen LogP contribution in [0.4, 0.5) is 5.69 Å². The van der Waals surface area contributed by atoms with Crippen LogP contribution in [0, 0.1) is 0 Å². The van der Waals surface area contributed by atoms with Crippen molar-refractivity contribution in [3.63, 3.8) is 0 Å². The number of aryl methyl sites for hydroxylation is 1. The predicted octanol–water partition coefficient (Wildman–Crippen LogP) is 4.44. The molecule has 2 aromatic carbocycles. The first-order chi connectivity index (χ1) is 18.1. The summed E-state index contributed by atoms with van der Waals surface area (Å²) in [5.41, 5.74) is 2.85. The molecule has 0 radical (unpaired) electrons. The number of fused-ring (bicyclic) bond motifs is 2. The first-order valence-electron chi connectivity index (χ1n) is 11.8. The van der Waals surface area contributed by atoms with E-state index in [1.54, 1.807) is 18.4 Å². The molecule has 8 heteroatoms. The number of pyridine rings is 1. The van der Waals surface area contributed by atoms with Gasteiger partial charge < -0.3 is 24.0 Å². The normalized spacial score (nSPS) is 11.4. The van der Waals surface area contributed by atoms with Gasteiger partial charge in [0.15, 0.2) is 30.1 Å². The third-order valence-corrected chi connectivity index (χ3v) is 5.84. The highest BCUT2D eigenvalue weighted by atomic mass is 16.5. The van der Waals surface area contributed by atoms with Crippen molar-refractivity contribution < 1.29 is 28.0 Å². The first kappa shape index (κ1) is 24.0. The van der Waals surface area contributed by atoms with Gasteiger partial charge in [-0.3, -0.25) is 4.79 Å². The lowest BCUT2D eigenvalue weighted by Gasteiger charge is -2.08. The summed E-state index contributed by atoms with van der Waals surface area (Å²) >= 11 is 0. The van der Waals surface area contributed by atoms with Crippen LogP contribution in [-0.4, -0.2) is 17.6 Å². The van der Waals surface area contributed by atoms with Gasteiger partial charge in [-0.1, -0.05) is 24.3 Å². The van der Waals surface area contributed by atoms with E-state index in [1.165, 1.54) is 12.1 Å². The Morgan fingerprint density at radius 3 is 2.57 bits per heavy atom. The molecular weight excluding hydrogens is 472 g/mol. The third-order valence-electron chi connectivity index (χ3n) is 5.84. The smallest absolute Gasteiger partial charge is 0.336 e. The number of rotatable bonds is 9. The van der Waals surface area contributed by atoms with Crippen LogP contribution in [0.2, 0.25) is 0 Å². The summed E-state index contributed by atoms with van der Waals surface area (Å²) in [6, 6.07) is 17.8. The van der Waals surface area contributed by atoms with E-state index in [0.717, 1.165) is 21.9 Å². The number of ether oxygens (including phenoxy) is 1. The van der Waals surface area contributed by atoms with E-state index in [4.69, 9.17) is 18.7 Å². The fourth-order valence-corrected chi connectivity index (χ4v) is 3.94. The van der Waals surface area contributed by atoms with Gasteiger partial charge in [-0.2, -0.15) is 0 Å². The van der Waals surface area contributed by atoms with E-state index in [-0.39, 0.29) is 12.5 Å². The molecule has 3 aromatic heterocycles. The SMILES string of the molecule is O=C(/C=C/c1ccc(CO)cc1)Nc1cc[n+](CCCOc2c3occc3cc3ccc(=O)oc23)cc1. The quantitative estimate of drug-likeness (QED) is 0.135. The summed E-state index contributed by atoms with van der Waals surface area (Å²) in [5, 5.41) is 13.6. The maximum absolute atomic E-state index is 12.2. The topological polar surface area (TPSA) is 106 Å². The maximum Gasteiger partial charge on any atom is 0.336 e. The molecule has 0 saturated carbocycles. The highest BCUT2D eigenvalue weighted by Gasteiger charge is 2.15. The van der Waals surface area contributed by atoms with E-state index in [9.17, 15) is 9.59 Å². The molecule has 2 N–H and O–H groups in total. The molecule has 0 atom stereocenters. The molecule has 1 amide bonds. The van der Waals surface area contributed by atoms with Gasteiger partial charge in [0.1, 0.15) is 0 Å². The molecule has 0 aliphatic rings. The molecule has 0 spiro atoms. The molecule has 186 valence electrons. The van der Waals surface area contributed by atoms with E-state index in [0.29, 0.717) is 42.2 Å². The largest absolute Gasteiger partial charge is 0.486 e. The summed E-state index contributed by atoms with van der Waals surface area (Å²) in [6.07, 6.45) is 9.23. The molecule has 0 aliphatic carbocycles. The molecule has 8 nitrogen and oxygen atoms in total.